The summed E-state index contributed by atoms with van der Waals surface area (Å²) in [5.74, 6) is 0. The first kappa shape index (κ1) is 18.5. The lowest BCUT2D eigenvalue weighted by molar-refractivity contribution is -0.142. The first-order valence-corrected chi connectivity index (χ1v) is 10.1. The fourth-order valence-corrected chi connectivity index (χ4v) is 5.03. The van der Waals surface area contributed by atoms with Gasteiger partial charge in [-0.1, -0.05) is 0 Å². The van der Waals surface area contributed by atoms with E-state index in [-0.39, 0.29) is 17.1 Å². The van der Waals surface area contributed by atoms with Crippen LogP contribution in [0.3, 0.4) is 0 Å². The summed E-state index contributed by atoms with van der Waals surface area (Å²) in [5, 5.41) is 3.75. The Kier molecular flexibility index (Phi) is 4.52. The number of aromatic nitrogens is 2. The van der Waals surface area contributed by atoms with Gasteiger partial charge < -0.3 is 4.74 Å². The number of alkyl halides is 3. The summed E-state index contributed by atoms with van der Waals surface area (Å²) in [6, 6.07) is 5.82. The molecule has 2 aliphatic heterocycles. The lowest BCUT2D eigenvalue weighted by atomic mass is 10.1. The molecule has 1 aromatic heterocycles. The predicted octanol–water partition coefficient (Wildman–Crippen LogP) is 2.75. The molecule has 27 heavy (non-hydrogen) atoms. The van der Waals surface area contributed by atoms with Crippen molar-refractivity contribution >= 4 is 10.0 Å². The average molecular weight is 401 g/mol. The van der Waals surface area contributed by atoms with Crippen LogP contribution in [0, 0.1) is 0 Å². The first-order valence-electron chi connectivity index (χ1n) is 8.65. The summed E-state index contributed by atoms with van der Waals surface area (Å²) in [5.41, 5.74) is -0.0683. The number of benzene rings is 1. The van der Waals surface area contributed by atoms with Crippen LogP contribution in [0.15, 0.2) is 29.2 Å². The fraction of sp³-hybridized carbons (Fsp3) is 0.471. The van der Waals surface area contributed by atoms with E-state index >= 15 is 0 Å². The van der Waals surface area contributed by atoms with Crippen LogP contribution in [-0.2, 0) is 34.0 Å². The number of halogens is 3. The highest BCUT2D eigenvalue weighted by atomic mass is 32.2. The summed E-state index contributed by atoms with van der Waals surface area (Å²) in [7, 11) is -3.57. The standard InChI is InChI=1S/C17H18F3N3O3S/c18-17(19,20)16-14-11-26-10-7-15(14)23(21-16)12-3-5-13(6-4-12)27(24,25)22-8-1-2-9-22/h3-6H,1-2,7-11H2. The largest absolute Gasteiger partial charge is 0.435 e. The molecule has 2 aromatic rings. The van der Waals surface area contributed by atoms with Gasteiger partial charge in [-0.05, 0) is 37.1 Å². The van der Waals surface area contributed by atoms with E-state index < -0.39 is 21.9 Å². The molecule has 0 amide bonds. The molecule has 0 spiro atoms. The Morgan fingerprint density at radius 1 is 1.07 bits per heavy atom. The third kappa shape index (κ3) is 3.26. The van der Waals surface area contributed by atoms with Gasteiger partial charge in [0.2, 0.25) is 10.0 Å². The molecule has 1 saturated heterocycles. The summed E-state index contributed by atoms with van der Waals surface area (Å²) in [6.07, 6.45) is -2.60. The SMILES string of the molecule is O=S(=O)(c1ccc(-n2nc(C(F)(F)F)c3c2CCOC3)cc1)N1CCCC1. The van der Waals surface area contributed by atoms with Crippen molar-refractivity contribution in [2.24, 2.45) is 0 Å². The van der Waals surface area contributed by atoms with E-state index in [2.05, 4.69) is 5.10 Å². The number of rotatable bonds is 3. The molecule has 0 bridgehead atoms. The third-order valence-electron chi connectivity index (χ3n) is 4.87. The topological polar surface area (TPSA) is 64.4 Å². The van der Waals surface area contributed by atoms with Crippen LogP contribution in [0.2, 0.25) is 0 Å². The van der Waals surface area contributed by atoms with Crippen molar-refractivity contribution in [3.05, 3.63) is 41.2 Å². The smallest absolute Gasteiger partial charge is 0.376 e. The zero-order chi connectivity index (χ0) is 19.2. The van der Waals surface area contributed by atoms with Gasteiger partial charge in [-0.15, -0.1) is 0 Å². The van der Waals surface area contributed by atoms with E-state index in [0.29, 0.717) is 37.5 Å². The molecule has 1 fully saturated rings. The predicted molar refractivity (Wildman–Crippen MR) is 89.9 cm³/mol. The molecule has 0 radical (unpaired) electrons. The molecular formula is C17H18F3N3O3S. The van der Waals surface area contributed by atoms with E-state index in [1.54, 1.807) is 0 Å². The van der Waals surface area contributed by atoms with Crippen molar-refractivity contribution in [3.8, 4) is 5.69 Å². The zero-order valence-corrected chi connectivity index (χ0v) is 15.2. The van der Waals surface area contributed by atoms with Gasteiger partial charge in [-0.25, -0.2) is 13.1 Å². The second-order valence-corrected chi connectivity index (χ2v) is 8.53. The van der Waals surface area contributed by atoms with Gasteiger partial charge in [-0.2, -0.15) is 22.6 Å². The fourth-order valence-electron chi connectivity index (χ4n) is 3.51. The summed E-state index contributed by atoms with van der Waals surface area (Å²) >= 11 is 0. The minimum absolute atomic E-state index is 0.0440. The normalized spacial score (nSPS) is 18.6. The van der Waals surface area contributed by atoms with Crippen molar-refractivity contribution < 1.29 is 26.3 Å². The van der Waals surface area contributed by atoms with Crippen LogP contribution in [0.1, 0.15) is 29.8 Å². The summed E-state index contributed by atoms with van der Waals surface area (Å²) in [4.78, 5) is 0.133. The second-order valence-electron chi connectivity index (χ2n) is 6.59. The Hall–Kier alpha value is -1.91. The van der Waals surface area contributed by atoms with Crippen molar-refractivity contribution in [3.63, 3.8) is 0 Å². The van der Waals surface area contributed by atoms with Gasteiger partial charge in [0.1, 0.15) is 0 Å². The molecular weight excluding hydrogens is 383 g/mol. The maximum Gasteiger partial charge on any atom is 0.435 e. The number of hydrogen-bond donors (Lipinski definition) is 0. The Labute approximate surface area is 154 Å². The monoisotopic (exact) mass is 401 g/mol. The Bertz CT molecular complexity index is 946. The van der Waals surface area contributed by atoms with E-state index in [4.69, 9.17) is 4.74 Å². The van der Waals surface area contributed by atoms with Crippen LogP contribution >= 0.6 is 0 Å². The molecule has 3 heterocycles. The van der Waals surface area contributed by atoms with Crippen molar-refractivity contribution in [2.75, 3.05) is 19.7 Å². The molecule has 0 unspecified atom stereocenters. The first-order chi connectivity index (χ1) is 12.8. The molecule has 0 N–H and O–H groups in total. The third-order valence-corrected chi connectivity index (χ3v) is 6.78. The Balaban J connectivity index is 1.72. The molecule has 0 aliphatic carbocycles. The highest BCUT2D eigenvalue weighted by Crippen LogP contribution is 2.35. The van der Waals surface area contributed by atoms with Crippen LogP contribution in [-0.4, -0.2) is 42.2 Å². The van der Waals surface area contributed by atoms with Crippen molar-refractivity contribution in [2.45, 2.75) is 36.9 Å². The summed E-state index contributed by atoms with van der Waals surface area (Å²) in [6.45, 7) is 1.17. The second kappa shape index (κ2) is 6.61. The molecule has 146 valence electrons. The highest BCUT2D eigenvalue weighted by Gasteiger charge is 2.40. The van der Waals surface area contributed by atoms with Gasteiger partial charge in [0.15, 0.2) is 5.69 Å². The van der Waals surface area contributed by atoms with Crippen LogP contribution in [0.5, 0.6) is 0 Å². The Morgan fingerprint density at radius 3 is 2.37 bits per heavy atom. The van der Waals surface area contributed by atoms with Crippen molar-refractivity contribution in [1.82, 2.24) is 14.1 Å². The average Bonchev–Trinajstić information content (AvgIpc) is 3.30. The van der Waals surface area contributed by atoms with Crippen LogP contribution in [0.4, 0.5) is 13.2 Å². The van der Waals surface area contributed by atoms with E-state index in [0.717, 1.165) is 12.8 Å². The van der Waals surface area contributed by atoms with Gasteiger partial charge in [-0.3, -0.25) is 0 Å². The quantitative estimate of drug-likeness (QED) is 0.794. The van der Waals surface area contributed by atoms with Gasteiger partial charge >= 0.3 is 6.18 Å². The highest BCUT2D eigenvalue weighted by molar-refractivity contribution is 7.89. The number of sulfonamides is 1. The van der Waals surface area contributed by atoms with Crippen molar-refractivity contribution in [1.29, 1.82) is 0 Å². The summed E-state index contributed by atoms with van der Waals surface area (Å²) < 4.78 is 72.9. The molecule has 1 aromatic carbocycles. The molecule has 4 rings (SSSR count). The van der Waals surface area contributed by atoms with E-state index in [1.165, 1.54) is 33.3 Å². The Morgan fingerprint density at radius 2 is 1.74 bits per heavy atom. The minimum Gasteiger partial charge on any atom is -0.376 e. The maximum absolute atomic E-state index is 13.3. The number of ether oxygens (including phenoxy) is 1. The van der Waals surface area contributed by atoms with Gasteiger partial charge in [0.25, 0.3) is 0 Å². The van der Waals surface area contributed by atoms with E-state index in [1.807, 2.05) is 0 Å². The number of fused-ring (bicyclic) bond motifs is 1. The lowest BCUT2D eigenvalue weighted by Crippen LogP contribution is -2.27. The van der Waals surface area contributed by atoms with Gasteiger partial charge in [0.05, 0.1) is 29.5 Å². The molecule has 0 saturated carbocycles. The number of hydrogen-bond acceptors (Lipinski definition) is 4. The maximum atomic E-state index is 13.3. The molecule has 0 atom stereocenters. The zero-order valence-electron chi connectivity index (χ0n) is 14.4. The van der Waals surface area contributed by atoms with Crippen LogP contribution < -0.4 is 0 Å². The molecule has 2 aliphatic rings. The minimum atomic E-state index is -4.57. The lowest BCUT2D eigenvalue weighted by Gasteiger charge is -2.17. The number of nitrogens with zero attached hydrogens (tertiary/aromatic N) is 3. The van der Waals surface area contributed by atoms with Gasteiger partial charge in [0, 0.05) is 25.1 Å². The molecule has 6 nitrogen and oxygen atoms in total. The van der Waals surface area contributed by atoms with Crippen LogP contribution in [0.25, 0.3) is 5.69 Å². The van der Waals surface area contributed by atoms with E-state index in [9.17, 15) is 21.6 Å². The molecule has 10 heteroatoms.